The average molecular weight is 391 g/mol. The summed E-state index contributed by atoms with van der Waals surface area (Å²) in [6.07, 6.45) is -3.32. The van der Waals surface area contributed by atoms with Gasteiger partial charge in [-0.15, -0.1) is 0 Å². The maximum absolute atomic E-state index is 12.6. The van der Waals surface area contributed by atoms with Crippen molar-refractivity contribution in [3.63, 3.8) is 0 Å². The summed E-state index contributed by atoms with van der Waals surface area (Å²) < 4.78 is 64.5. The summed E-state index contributed by atoms with van der Waals surface area (Å²) in [6, 6.07) is 3.13. The molecule has 25 heavy (non-hydrogen) atoms. The molecule has 134 valence electrons. The minimum atomic E-state index is -4.55. The molecular weight excluding hydrogens is 379 g/mol. The molecular formula is C14H12F3N3O3S2. The van der Waals surface area contributed by atoms with Gasteiger partial charge in [0.05, 0.1) is 16.2 Å². The van der Waals surface area contributed by atoms with E-state index in [1.165, 1.54) is 0 Å². The van der Waals surface area contributed by atoms with E-state index in [4.69, 9.17) is 0 Å². The predicted octanol–water partition coefficient (Wildman–Crippen LogP) is 2.64. The number of carbonyl (C=O) groups is 1. The highest BCUT2D eigenvalue weighted by atomic mass is 32.2. The quantitative estimate of drug-likeness (QED) is 0.842. The Morgan fingerprint density at radius 1 is 1.20 bits per heavy atom. The van der Waals surface area contributed by atoms with Crippen molar-refractivity contribution in [1.82, 2.24) is 10.3 Å². The third kappa shape index (κ3) is 3.76. The SMILES string of the molecule is O=C1NCCCc2nc(NS(=O)(=O)c3ccc(C(F)(F)F)cc3)sc21. The first kappa shape index (κ1) is 17.7. The zero-order valence-corrected chi connectivity index (χ0v) is 14.2. The lowest BCUT2D eigenvalue weighted by atomic mass is 10.2. The number of aromatic nitrogens is 1. The largest absolute Gasteiger partial charge is 0.416 e. The molecule has 0 atom stereocenters. The number of carbonyl (C=O) groups excluding carboxylic acids is 1. The molecule has 0 saturated carbocycles. The van der Waals surface area contributed by atoms with Gasteiger partial charge >= 0.3 is 6.18 Å². The number of anilines is 1. The maximum Gasteiger partial charge on any atom is 0.416 e. The number of hydrogen-bond acceptors (Lipinski definition) is 5. The Bertz CT molecular complexity index is 906. The fourth-order valence-corrected chi connectivity index (χ4v) is 4.44. The van der Waals surface area contributed by atoms with Crippen LogP contribution in [0.1, 0.15) is 27.3 Å². The molecule has 1 aliphatic heterocycles. The topological polar surface area (TPSA) is 88.2 Å². The Labute approximate surface area is 145 Å². The van der Waals surface area contributed by atoms with E-state index in [-0.39, 0.29) is 15.9 Å². The monoisotopic (exact) mass is 391 g/mol. The molecule has 0 bridgehead atoms. The molecule has 1 aromatic heterocycles. The van der Waals surface area contributed by atoms with E-state index in [0.29, 0.717) is 42.1 Å². The number of hydrogen-bond donors (Lipinski definition) is 2. The second kappa shape index (κ2) is 6.30. The van der Waals surface area contributed by atoms with Crippen LogP contribution >= 0.6 is 11.3 Å². The summed E-state index contributed by atoms with van der Waals surface area (Å²) in [5.41, 5.74) is -0.436. The minimum Gasteiger partial charge on any atom is -0.351 e. The Morgan fingerprint density at radius 3 is 2.52 bits per heavy atom. The van der Waals surface area contributed by atoms with Gasteiger partial charge in [-0.1, -0.05) is 11.3 Å². The zero-order chi connectivity index (χ0) is 18.2. The van der Waals surface area contributed by atoms with Gasteiger partial charge in [0.1, 0.15) is 4.88 Å². The zero-order valence-electron chi connectivity index (χ0n) is 12.6. The van der Waals surface area contributed by atoms with Crippen molar-refractivity contribution in [3.8, 4) is 0 Å². The number of thiazole rings is 1. The number of amides is 1. The van der Waals surface area contributed by atoms with Crippen LogP contribution in [0.4, 0.5) is 18.3 Å². The standard InChI is InChI=1S/C14H12F3N3O3S2/c15-14(16,17)8-3-5-9(6-4-8)25(22,23)20-13-19-10-2-1-7-18-12(21)11(10)24-13/h3-6H,1-2,7H2,(H,18,21)(H,19,20). The lowest BCUT2D eigenvalue weighted by Crippen LogP contribution is -2.21. The fraction of sp³-hybridized carbons (Fsp3) is 0.286. The Kier molecular flexibility index (Phi) is 4.45. The number of sulfonamides is 1. The third-order valence-electron chi connectivity index (χ3n) is 3.49. The minimum absolute atomic E-state index is 0.00180. The van der Waals surface area contributed by atoms with Crippen LogP contribution in [-0.4, -0.2) is 25.9 Å². The molecule has 0 fully saturated rings. The van der Waals surface area contributed by atoms with E-state index in [1.54, 1.807) is 0 Å². The highest BCUT2D eigenvalue weighted by Gasteiger charge is 2.31. The van der Waals surface area contributed by atoms with E-state index in [1.807, 2.05) is 0 Å². The third-order valence-corrected chi connectivity index (χ3v) is 5.99. The van der Waals surface area contributed by atoms with Crippen molar-refractivity contribution < 1.29 is 26.4 Å². The van der Waals surface area contributed by atoms with E-state index in [0.717, 1.165) is 23.5 Å². The smallest absolute Gasteiger partial charge is 0.351 e. The molecule has 3 rings (SSSR count). The normalized spacial score (nSPS) is 15.2. The number of aryl methyl sites for hydroxylation is 1. The summed E-state index contributed by atoms with van der Waals surface area (Å²) in [5, 5.41) is 2.68. The first-order valence-corrected chi connectivity index (χ1v) is 9.45. The van der Waals surface area contributed by atoms with E-state index in [9.17, 15) is 26.4 Å². The van der Waals surface area contributed by atoms with Crippen LogP contribution in [0.3, 0.4) is 0 Å². The van der Waals surface area contributed by atoms with Crippen molar-refractivity contribution in [2.75, 3.05) is 11.3 Å². The number of rotatable bonds is 3. The van der Waals surface area contributed by atoms with E-state index < -0.39 is 21.8 Å². The van der Waals surface area contributed by atoms with Gasteiger partial charge in [0, 0.05) is 6.54 Å². The summed E-state index contributed by atoms with van der Waals surface area (Å²) >= 11 is 0.892. The lowest BCUT2D eigenvalue weighted by molar-refractivity contribution is -0.137. The molecule has 0 radical (unpaired) electrons. The van der Waals surface area contributed by atoms with Crippen molar-refractivity contribution >= 4 is 32.4 Å². The van der Waals surface area contributed by atoms with Gasteiger partial charge in [-0.2, -0.15) is 13.2 Å². The van der Waals surface area contributed by atoms with Gasteiger partial charge in [-0.3, -0.25) is 9.52 Å². The number of benzene rings is 1. The van der Waals surface area contributed by atoms with Crippen LogP contribution in [0.5, 0.6) is 0 Å². The number of nitrogens with zero attached hydrogens (tertiary/aromatic N) is 1. The van der Waals surface area contributed by atoms with Crippen LogP contribution in [-0.2, 0) is 22.6 Å². The van der Waals surface area contributed by atoms with Crippen molar-refractivity contribution in [2.45, 2.75) is 23.9 Å². The first-order chi connectivity index (χ1) is 11.7. The number of halogens is 3. The molecule has 2 heterocycles. The summed E-state index contributed by atoms with van der Waals surface area (Å²) in [5.74, 6) is -0.315. The maximum atomic E-state index is 12.6. The molecule has 6 nitrogen and oxygen atoms in total. The van der Waals surface area contributed by atoms with Crippen molar-refractivity contribution in [2.24, 2.45) is 0 Å². The molecule has 0 unspecified atom stereocenters. The predicted molar refractivity (Wildman–Crippen MR) is 85.0 cm³/mol. The van der Waals surface area contributed by atoms with Crippen LogP contribution < -0.4 is 10.0 Å². The molecule has 1 aliphatic rings. The molecule has 0 aliphatic carbocycles. The lowest BCUT2D eigenvalue weighted by Gasteiger charge is -2.08. The first-order valence-electron chi connectivity index (χ1n) is 7.15. The highest BCUT2D eigenvalue weighted by Crippen LogP contribution is 2.31. The fourth-order valence-electron chi connectivity index (χ4n) is 2.28. The van der Waals surface area contributed by atoms with Gasteiger partial charge in [0.15, 0.2) is 5.13 Å². The molecule has 1 amide bonds. The number of nitrogens with one attached hydrogen (secondary N) is 2. The highest BCUT2D eigenvalue weighted by molar-refractivity contribution is 7.93. The van der Waals surface area contributed by atoms with Gasteiger partial charge in [-0.25, -0.2) is 13.4 Å². The second-order valence-corrected chi connectivity index (χ2v) is 7.96. The Hall–Kier alpha value is -2.14. The summed E-state index contributed by atoms with van der Waals surface area (Å²) in [4.78, 5) is 16.0. The molecule has 0 saturated heterocycles. The molecule has 0 spiro atoms. The average Bonchev–Trinajstić information content (AvgIpc) is 2.85. The van der Waals surface area contributed by atoms with Crippen LogP contribution in [0.15, 0.2) is 29.2 Å². The van der Waals surface area contributed by atoms with Gasteiger partial charge in [0.25, 0.3) is 15.9 Å². The number of alkyl halides is 3. The Balaban J connectivity index is 1.85. The van der Waals surface area contributed by atoms with Gasteiger partial charge in [-0.05, 0) is 37.1 Å². The van der Waals surface area contributed by atoms with E-state index >= 15 is 0 Å². The summed E-state index contributed by atoms with van der Waals surface area (Å²) in [6.45, 7) is 0.522. The summed E-state index contributed by atoms with van der Waals surface area (Å²) in [7, 11) is -4.10. The van der Waals surface area contributed by atoms with Crippen LogP contribution in [0, 0.1) is 0 Å². The van der Waals surface area contributed by atoms with Crippen LogP contribution in [0.2, 0.25) is 0 Å². The van der Waals surface area contributed by atoms with Crippen molar-refractivity contribution in [3.05, 3.63) is 40.4 Å². The Morgan fingerprint density at radius 2 is 1.88 bits per heavy atom. The molecule has 11 heteroatoms. The molecule has 1 aromatic carbocycles. The van der Waals surface area contributed by atoms with Crippen molar-refractivity contribution in [1.29, 1.82) is 0 Å². The van der Waals surface area contributed by atoms with Gasteiger partial charge in [0.2, 0.25) is 0 Å². The number of fused-ring (bicyclic) bond motifs is 1. The van der Waals surface area contributed by atoms with Gasteiger partial charge < -0.3 is 5.32 Å². The molecule has 2 N–H and O–H groups in total. The second-order valence-electron chi connectivity index (χ2n) is 5.28. The van der Waals surface area contributed by atoms with E-state index in [2.05, 4.69) is 15.0 Å². The molecule has 2 aromatic rings. The van der Waals surface area contributed by atoms with Crippen LogP contribution in [0.25, 0.3) is 0 Å².